The summed E-state index contributed by atoms with van der Waals surface area (Å²) in [4.78, 5) is 12.5. The van der Waals surface area contributed by atoms with Gasteiger partial charge in [-0.05, 0) is 52.8 Å². The molecule has 0 bridgehead atoms. The Bertz CT molecular complexity index is 742. The van der Waals surface area contributed by atoms with Gasteiger partial charge in [-0.25, -0.2) is 0 Å². The lowest BCUT2D eigenvalue weighted by Crippen LogP contribution is -2.24. The molecule has 2 aromatic rings. The van der Waals surface area contributed by atoms with E-state index in [1.54, 1.807) is 18.2 Å². The summed E-state index contributed by atoms with van der Waals surface area (Å²) >= 11 is 12.0. The van der Waals surface area contributed by atoms with Crippen molar-refractivity contribution >= 4 is 29.0 Å². The number of ketones is 1. The van der Waals surface area contributed by atoms with Gasteiger partial charge in [0.05, 0.1) is 5.02 Å². The molecule has 3 nitrogen and oxygen atoms in total. The summed E-state index contributed by atoms with van der Waals surface area (Å²) in [6.45, 7) is 10.2. The van der Waals surface area contributed by atoms with Crippen molar-refractivity contribution in [2.45, 2.75) is 40.2 Å². The molecule has 23 heavy (non-hydrogen) atoms. The van der Waals surface area contributed by atoms with Crippen LogP contribution in [0, 0.1) is 13.8 Å². The maximum Gasteiger partial charge on any atom is 0.202 e. The molecule has 0 aliphatic carbocycles. The first-order valence-corrected chi connectivity index (χ1v) is 8.18. The molecule has 0 fully saturated rings. The lowest BCUT2D eigenvalue weighted by atomic mass is 10.1. The molecule has 0 amide bonds. The Morgan fingerprint density at radius 1 is 1.22 bits per heavy atom. The smallest absolute Gasteiger partial charge is 0.202 e. The average molecular weight is 354 g/mol. The summed E-state index contributed by atoms with van der Waals surface area (Å²) in [6, 6.07) is 7.01. The molecule has 124 valence electrons. The van der Waals surface area contributed by atoms with Gasteiger partial charge in [-0.1, -0.05) is 29.3 Å². The molecule has 0 atom stereocenters. The Labute approximate surface area is 147 Å². The number of aromatic nitrogens is 1. The van der Waals surface area contributed by atoms with Crippen molar-refractivity contribution in [2.75, 3.05) is 6.61 Å². The fourth-order valence-corrected chi connectivity index (χ4v) is 3.24. The molecule has 0 aliphatic heterocycles. The Hall–Kier alpha value is -1.45. The largest absolute Gasteiger partial charge is 0.484 e. The van der Waals surface area contributed by atoms with Crippen LogP contribution in [-0.2, 0) is 5.54 Å². The molecular weight excluding hydrogens is 333 g/mol. The number of hydrogen-bond acceptors (Lipinski definition) is 2. The Morgan fingerprint density at radius 3 is 2.43 bits per heavy atom. The van der Waals surface area contributed by atoms with E-state index in [9.17, 15) is 4.79 Å². The Kier molecular flexibility index (Phi) is 5.12. The Morgan fingerprint density at radius 2 is 1.87 bits per heavy atom. The van der Waals surface area contributed by atoms with Crippen molar-refractivity contribution in [3.05, 3.63) is 51.3 Å². The van der Waals surface area contributed by atoms with Crippen LogP contribution in [0.25, 0.3) is 0 Å². The molecule has 0 saturated carbocycles. The maximum absolute atomic E-state index is 12.5. The molecular formula is C18H21Cl2NO2. The standard InChI is InChI=1S/C18H21Cl2NO2/c1-11-9-13(12(2)21(11)18(3,4)5)15(22)10-23-16-8-6-7-14(19)17(16)20/h6-9H,10H2,1-5H3. The lowest BCUT2D eigenvalue weighted by Gasteiger charge is -2.25. The number of ether oxygens (including phenoxy) is 1. The lowest BCUT2D eigenvalue weighted by molar-refractivity contribution is 0.0920. The molecule has 0 spiro atoms. The van der Waals surface area contributed by atoms with Crippen molar-refractivity contribution in [3.63, 3.8) is 0 Å². The van der Waals surface area contributed by atoms with Crippen LogP contribution in [0.15, 0.2) is 24.3 Å². The van der Waals surface area contributed by atoms with E-state index in [1.165, 1.54) is 0 Å². The van der Waals surface area contributed by atoms with Crippen LogP contribution in [0.5, 0.6) is 5.75 Å². The molecule has 0 aliphatic rings. The van der Waals surface area contributed by atoms with Crippen molar-refractivity contribution in [1.29, 1.82) is 0 Å². The van der Waals surface area contributed by atoms with Gasteiger partial charge in [0.2, 0.25) is 5.78 Å². The van der Waals surface area contributed by atoms with Gasteiger partial charge >= 0.3 is 0 Å². The van der Waals surface area contributed by atoms with E-state index in [-0.39, 0.29) is 17.9 Å². The minimum absolute atomic E-state index is 0.0749. The molecule has 0 unspecified atom stereocenters. The summed E-state index contributed by atoms with van der Waals surface area (Å²) in [7, 11) is 0. The van der Waals surface area contributed by atoms with E-state index in [0.29, 0.717) is 21.4 Å². The highest BCUT2D eigenvalue weighted by Crippen LogP contribution is 2.31. The SMILES string of the molecule is Cc1cc(C(=O)COc2cccc(Cl)c2Cl)c(C)n1C(C)(C)C. The van der Waals surface area contributed by atoms with E-state index in [1.807, 2.05) is 19.9 Å². The van der Waals surface area contributed by atoms with Gasteiger partial charge in [-0.3, -0.25) is 4.79 Å². The number of rotatable bonds is 4. The number of hydrogen-bond donors (Lipinski definition) is 0. The number of benzene rings is 1. The van der Waals surface area contributed by atoms with E-state index in [0.717, 1.165) is 11.4 Å². The van der Waals surface area contributed by atoms with Gasteiger partial charge < -0.3 is 9.30 Å². The topological polar surface area (TPSA) is 31.2 Å². The fourth-order valence-electron chi connectivity index (χ4n) is 2.89. The van der Waals surface area contributed by atoms with Gasteiger partial charge in [0.15, 0.2) is 6.61 Å². The van der Waals surface area contributed by atoms with E-state index in [2.05, 4.69) is 25.3 Å². The number of aryl methyl sites for hydroxylation is 1. The van der Waals surface area contributed by atoms with Gasteiger partial charge in [-0.2, -0.15) is 0 Å². The zero-order valence-electron chi connectivity index (χ0n) is 14.0. The quantitative estimate of drug-likeness (QED) is 0.686. The van der Waals surface area contributed by atoms with Crippen LogP contribution < -0.4 is 4.74 Å². The molecule has 5 heteroatoms. The van der Waals surface area contributed by atoms with Crippen molar-refractivity contribution in [1.82, 2.24) is 4.57 Å². The maximum atomic E-state index is 12.5. The van der Waals surface area contributed by atoms with Crippen molar-refractivity contribution in [3.8, 4) is 5.75 Å². The number of nitrogens with zero attached hydrogens (tertiary/aromatic N) is 1. The highest BCUT2D eigenvalue weighted by molar-refractivity contribution is 6.42. The minimum atomic E-state index is -0.0795. The summed E-state index contributed by atoms with van der Waals surface area (Å²) in [5.41, 5.74) is 2.60. The molecule has 0 radical (unpaired) electrons. The van der Waals surface area contributed by atoms with E-state index < -0.39 is 0 Å². The molecule has 1 aromatic heterocycles. The van der Waals surface area contributed by atoms with E-state index in [4.69, 9.17) is 27.9 Å². The predicted octanol–water partition coefficient (Wildman–Crippen LogP) is 5.43. The second kappa shape index (κ2) is 6.58. The second-order valence-electron chi connectivity index (χ2n) is 6.55. The third-order valence-electron chi connectivity index (χ3n) is 3.68. The van der Waals surface area contributed by atoms with Crippen LogP contribution in [0.2, 0.25) is 10.0 Å². The second-order valence-corrected chi connectivity index (χ2v) is 7.34. The van der Waals surface area contributed by atoms with Crippen LogP contribution in [0.1, 0.15) is 42.5 Å². The monoisotopic (exact) mass is 353 g/mol. The fraction of sp³-hybridized carbons (Fsp3) is 0.389. The van der Waals surface area contributed by atoms with Gasteiger partial charge in [0, 0.05) is 22.5 Å². The van der Waals surface area contributed by atoms with Gasteiger partial charge in [-0.15, -0.1) is 0 Å². The van der Waals surface area contributed by atoms with Gasteiger partial charge in [0.25, 0.3) is 0 Å². The number of halogens is 2. The number of carbonyl (C=O) groups is 1. The Balaban J connectivity index is 2.21. The van der Waals surface area contributed by atoms with Crippen LogP contribution >= 0.6 is 23.2 Å². The normalized spacial score (nSPS) is 11.6. The average Bonchev–Trinajstić information content (AvgIpc) is 2.75. The van der Waals surface area contributed by atoms with Crippen molar-refractivity contribution in [2.24, 2.45) is 0 Å². The first-order valence-electron chi connectivity index (χ1n) is 7.42. The molecule has 2 rings (SSSR count). The molecule has 0 saturated heterocycles. The summed E-state index contributed by atoms with van der Waals surface area (Å²) < 4.78 is 7.71. The predicted molar refractivity (Wildman–Crippen MR) is 95.2 cm³/mol. The third kappa shape index (κ3) is 3.73. The highest BCUT2D eigenvalue weighted by atomic mass is 35.5. The van der Waals surface area contributed by atoms with Crippen molar-refractivity contribution < 1.29 is 9.53 Å². The first-order chi connectivity index (χ1) is 10.6. The number of carbonyl (C=O) groups excluding carboxylic acids is 1. The van der Waals surface area contributed by atoms with Crippen LogP contribution in [0.3, 0.4) is 0 Å². The third-order valence-corrected chi connectivity index (χ3v) is 4.48. The first kappa shape index (κ1) is 17.9. The summed E-state index contributed by atoms with van der Waals surface area (Å²) in [6.07, 6.45) is 0. The van der Waals surface area contributed by atoms with E-state index >= 15 is 0 Å². The molecule has 1 heterocycles. The van der Waals surface area contributed by atoms with Crippen LogP contribution in [0.4, 0.5) is 0 Å². The number of Topliss-reactive ketones (excluding diaryl/α,β-unsaturated/α-hetero) is 1. The highest BCUT2D eigenvalue weighted by Gasteiger charge is 2.23. The minimum Gasteiger partial charge on any atom is -0.484 e. The molecule has 0 N–H and O–H groups in total. The summed E-state index contributed by atoms with van der Waals surface area (Å²) in [5, 5.41) is 0.727. The summed E-state index contributed by atoms with van der Waals surface area (Å²) in [5.74, 6) is 0.335. The van der Waals surface area contributed by atoms with Crippen LogP contribution in [-0.4, -0.2) is 17.0 Å². The molecule has 1 aromatic carbocycles. The zero-order chi connectivity index (χ0) is 17.4. The zero-order valence-corrected chi connectivity index (χ0v) is 15.5. The van der Waals surface area contributed by atoms with Gasteiger partial charge in [0.1, 0.15) is 10.8 Å².